The number of guanidine groups is 1. The second-order valence-electron chi connectivity index (χ2n) is 4.73. The van der Waals surface area contributed by atoms with Crippen LogP contribution in [-0.2, 0) is 13.0 Å². The SMILES string of the molecule is CCc1ccc(CNC(=NC)NCCCN(C)C)s1. The van der Waals surface area contributed by atoms with Crippen LogP contribution in [0.5, 0.6) is 0 Å². The second kappa shape index (κ2) is 8.93. The summed E-state index contributed by atoms with van der Waals surface area (Å²) in [5.41, 5.74) is 0. The first-order valence-electron chi connectivity index (χ1n) is 6.82. The standard InChI is InChI=1S/C14H26N4S/c1-5-12-7-8-13(19-12)11-17-14(15-2)16-9-6-10-18(3)4/h7-8H,5-6,9-11H2,1-4H3,(H2,15,16,17). The summed E-state index contributed by atoms with van der Waals surface area (Å²) < 4.78 is 0. The molecule has 0 aromatic carbocycles. The third kappa shape index (κ3) is 6.59. The van der Waals surface area contributed by atoms with Gasteiger partial charge in [0.1, 0.15) is 0 Å². The molecule has 2 N–H and O–H groups in total. The second-order valence-corrected chi connectivity index (χ2v) is 5.98. The molecule has 0 aliphatic heterocycles. The summed E-state index contributed by atoms with van der Waals surface area (Å²) in [6.45, 7) is 5.07. The molecule has 0 amide bonds. The maximum absolute atomic E-state index is 4.23. The number of aliphatic imine (C=N–C) groups is 1. The van der Waals surface area contributed by atoms with E-state index in [4.69, 9.17) is 0 Å². The van der Waals surface area contributed by atoms with E-state index in [0.29, 0.717) is 0 Å². The van der Waals surface area contributed by atoms with Crippen molar-refractivity contribution in [2.24, 2.45) is 4.99 Å². The fraction of sp³-hybridized carbons (Fsp3) is 0.643. The van der Waals surface area contributed by atoms with Gasteiger partial charge in [-0.05, 0) is 45.6 Å². The summed E-state index contributed by atoms with van der Waals surface area (Å²) in [7, 11) is 6.00. The molecular formula is C14H26N4S. The molecule has 1 aromatic rings. The Bertz CT molecular complexity index is 385. The van der Waals surface area contributed by atoms with Gasteiger partial charge in [-0.25, -0.2) is 0 Å². The lowest BCUT2D eigenvalue weighted by atomic mass is 10.3. The Morgan fingerprint density at radius 2 is 2.00 bits per heavy atom. The largest absolute Gasteiger partial charge is 0.356 e. The third-order valence-corrected chi connectivity index (χ3v) is 4.02. The first-order valence-corrected chi connectivity index (χ1v) is 7.64. The topological polar surface area (TPSA) is 39.7 Å². The summed E-state index contributed by atoms with van der Waals surface area (Å²) in [6.07, 6.45) is 2.23. The minimum Gasteiger partial charge on any atom is -0.356 e. The van der Waals surface area contributed by atoms with Crippen molar-refractivity contribution < 1.29 is 0 Å². The maximum Gasteiger partial charge on any atom is 0.191 e. The average molecular weight is 282 g/mol. The van der Waals surface area contributed by atoms with Crippen LogP contribution in [0, 0.1) is 0 Å². The highest BCUT2D eigenvalue weighted by molar-refractivity contribution is 7.11. The molecule has 0 spiro atoms. The highest BCUT2D eigenvalue weighted by atomic mass is 32.1. The number of nitrogens with one attached hydrogen (secondary N) is 2. The molecule has 0 aliphatic carbocycles. The highest BCUT2D eigenvalue weighted by Gasteiger charge is 2.01. The smallest absolute Gasteiger partial charge is 0.191 e. The van der Waals surface area contributed by atoms with Crippen molar-refractivity contribution in [2.45, 2.75) is 26.3 Å². The minimum absolute atomic E-state index is 0.845. The molecule has 0 saturated heterocycles. The fourth-order valence-electron chi connectivity index (χ4n) is 1.70. The van der Waals surface area contributed by atoms with Gasteiger partial charge in [0.2, 0.25) is 0 Å². The van der Waals surface area contributed by atoms with E-state index < -0.39 is 0 Å². The van der Waals surface area contributed by atoms with E-state index in [2.05, 4.69) is 53.7 Å². The molecule has 108 valence electrons. The van der Waals surface area contributed by atoms with Crippen molar-refractivity contribution in [1.82, 2.24) is 15.5 Å². The molecular weight excluding hydrogens is 256 g/mol. The van der Waals surface area contributed by atoms with Crippen molar-refractivity contribution in [1.29, 1.82) is 0 Å². The molecule has 0 bridgehead atoms. The number of nitrogens with zero attached hydrogens (tertiary/aromatic N) is 2. The van der Waals surface area contributed by atoms with Gasteiger partial charge in [-0.2, -0.15) is 0 Å². The van der Waals surface area contributed by atoms with E-state index in [1.807, 2.05) is 18.4 Å². The van der Waals surface area contributed by atoms with Gasteiger partial charge in [0, 0.05) is 23.3 Å². The number of rotatable bonds is 7. The van der Waals surface area contributed by atoms with Crippen LogP contribution in [0.1, 0.15) is 23.1 Å². The number of aryl methyl sites for hydroxylation is 1. The van der Waals surface area contributed by atoms with Gasteiger partial charge in [-0.1, -0.05) is 6.92 Å². The Kier molecular flexibility index (Phi) is 7.52. The number of thiophene rings is 1. The van der Waals surface area contributed by atoms with Crippen molar-refractivity contribution in [3.05, 3.63) is 21.9 Å². The number of hydrogen-bond acceptors (Lipinski definition) is 3. The first-order chi connectivity index (χ1) is 9.15. The molecule has 1 rings (SSSR count). The number of hydrogen-bond donors (Lipinski definition) is 2. The van der Waals surface area contributed by atoms with Crippen LogP contribution in [0.2, 0.25) is 0 Å². The summed E-state index contributed by atoms with van der Waals surface area (Å²) in [6, 6.07) is 4.39. The van der Waals surface area contributed by atoms with Gasteiger partial charge in [-0.3, -0.25) is 4.99 Å². The molecule has 1 aromatic heterocycles. The Hall–Kier alpha value is -1.07. The van der Waals surface area contributed by atoms with Crippen LogP contribution in [0.3, 0.4) is 0 Å². The lowest BCUT2D eigenvalue weighted by Gasteiger charge is -2.13. The lowest BCUT2D eigenvalue weighted by Crippen LogP contribution is -2.37. The lowest BCUT2D eigenvalue weighted by molar-refractivity contribution is 0.399. The predicted octanol–water partition coefficient (Wildman–Crippen LogP) is 1.93. The van der Waals surface area contributed by atoms with E-state index in [1.165, 1.54) is 9.75 Å². The zero-order valence-corrected chi connectivity index (χ0v) is 13.3. The van der Waals surface area contributed by atoms with E-state index in [9.17, 15) is 0 Å². The van der Waals surface area contributed by atoms with Crippen molar-refractivity contribution in [3.8, 4) is 0 Å². The molecule has 4 nitrogen and oxygen atoms in total. The zero-order chi connectivity index (χ0) is 14.1. The van der Waals surface area contributed by atoms with Crippen LogP contribution in [0.25, 0.3) is 0 Å². The Morgan fingerprint density at radius 3 is 2.58 bits per heavy atom. The van der Waals surface area contributed by atoms with Gasteiger partial charge in [-0.15, -0.1) is 11.3 Å². The van der Waals surface area contributed by atoms with Crippen LogP contribution < -0.4 is 10.6 Å². The van der Waals surface area contributed by atoms with Crippen LogP contribution in [0.15, 0.2) is 17.1 Å². The maximum atomic E-state index is 4.23. The monoisotopic (exact) mass is 282 g/mol. The van der Waals surface area contributed by atoms with Crippen LogP contribution in [0.4, 0.5) is 0 Å². The molecule has 0 saturated carbocycles. The predicted molar refractivity (Wildman–Crippen MR) is 85.1 cm³/mol. The van der Waals surface area contributed by atoms with Gasteiger partial charge >= 0.3 is 0 Å². The molecule has 0 atom stereocenters. The van der Waals surface area contributed by atoms with Gasteiger partial charge in [0.05, 0.1) is 6.54 Å². The van der Waals surface area contributed by atoms with E-state index in [0.717, 1.165) is 38.4 Å². The Labute approximate surface area is 120 Å². The summed E-state index contributed by atoms with van der Waals surface area (Å²) >= 11 is 1.87. The third-order valence-electron chi connectivity index (χ3n) is 2.79. The van der Waals surface area contributed by atoms with Crippen molar-refractivity contribution in [3.63, 3.8) is 0 Å². The molecule has 19 heavy (non-hydrogen) atoms. The Morgan fingerprint density at radius 1 is 1.26 bits per heavy atom. The summed E-state index contributed by atoms with van der Waals surface area (Å²) in [5, 5.41) is 6.68. The molecule has 0 unspecified atom stereocenters. The average Bonchev–Trinajstić information content (AvgIpc) is 2.85. The molecule has 5 heteroatoms. The van der Waals surface area contributed by atoms with Gasteiger partial charge in [0.15, 0.2) is 5.96 Å². The summed E-state index contributed by atoms with van der Waals surface area (Å²) in [5.74, 6) is 0.880. The van der Waals surface area contributed by atoms with Gasteiger partial charge in [0.25, 0.3) is 0 Å². The zero-order valence-electron chi connectivity index (χ0n) is 12.5. The van der Waals surface area contributed by atoms with Crippen LogP contribution >= 0.6 is 11.3 Å². The van der Waals surface area contributed by atoms with Crippen molar-refractivity contribution in [2.75, 3.05) is 34.2 Å². The Balaban J connectivity index is 2.25. The van der Waals surface area contributed by atoms with Gasteiger partial charge < -0.3 is 15.5 Å². The van der Waals surface area contributed by atoms with Crippen molar-refractivity contribution >= 4 is 17.3 Å². The summed E-state index contributed by atoms with van der Waals surface area (Å²) in [4.78, 5) is 9.21. The normalized spacial score (nSPS) is 11.9. The fourth-order valence-corrected chi connectivity index (χ4v) is 2.60. The first kappa shape index (κ1) is 16.0. The molecule has 0 fully saturated rings. The van der Waals surface area contributed by atoms with Crippen LogP contribution in [-0.4, -0.2) is 45.1 Å². The van der Waals surface area contributed by atoms with E-state index in [-0.39, 0.29) is 0 Å². The molecule has 0 aliphatic rings. The van der Waals surface area contributed by atoms with E-state index in [1.54, 1.807) is 0 Å². The highest BCUT2D eigenvalue weighted by Crippen LogP contribution is 2.16. The molecule has 1 heterocycles. The molecule has 0 radical (unpaired) electrons. The quantitative estimate of drug-likeness (QED) is 0.456. The minimum atomic E-state index is 0.845. The van der Waals surface area contributed by atoms with E-state index >= 15 is 0 Å².